The van der Waals surface area contributed by atoms with Gasteiger partial charge in [0.1, 0.15) is 0 Å². The van der Waals surface area contributed by atoms with Gasteiger partial charge < -0.3 is 4.74 Å². The predicted molar refractivity (Wildman–Crippen MR) is 50.2 cm³/mol. The molecule has 0 saturated carbocycles. The van der Waals surface area contributed by atoms with E-state index in [0.29, 0.717) is 12.2 Å². The van der Waals surface area contributed by atoms with E-state index < -0.39 is 5.91 Å². The van der Waals surface area contributed by atoms with Gasteiger partial charge in [0.05, 0.1) is 6.61 Å². The summed E-state index contributed by atoms with van der Waals surface area (Å²) in [4.78, 5) is 11.4. The zero-order valence-electron chi connectivity index (χ0n) is 7.78. The number of hydrogen-bond donors (Lipinski definition) is 1. The summed E-state index contributed by atoms with van der Waals surface area (Å²) in [5.74, 6) is -0.403. The number of nitrogens with one attached hydrogen (secondary N) is 1. The molecule has 0 aliphatic rings. The van der Waals surface area contributed by atoms with E-state index >= 15 is 0 Å². The van der Waals surface area contributed by atoms with E-state index in [1.807, 2.05) is 6.07 Å². The van der Waals surface area contributed by atoms with Crippen LogP contribution in [0, 0.1) is 11.5 Å². The minimum absolute atomic E-state index is 0.356. The summed E-state index contributed by atoms with van der Waals surface area (Å²) < 4.78 is 4.93. The Morgan fingerprint density at radius 3 is 2.93 bits per heavy atom. The molecule has 1 rings (SSSR count). The molecule has 0 spiro atoms. The van der Waals surface area contributed by atoms with Crippen LogP contribution in [-0.2, 0) is 11.3 Å². The molecule has 14 heavy (non-hydrogen) atoms. The fraction of sp³-hybridized carbons (Fsp3) is 0.200. The van der Waals surface area contributed by atoms with E-state index in [9.17, 15) is 4.79 Å². The maximum atomic E-state index is 11.4. The van der Waals surface area contributed by atoms with Crippen molar-refractivity contribution >= 4 is 5.91 Å². The number of hydrogen-bond acceptors (Lipinski definition) is 3. The highest BCUT2D eigenvalue weighted by atomic mass is 16.5. The highest BCUT2D eigenvalue weighted by Crippen LogP contribution is 2.09. The fourth-order valence-electron chi connectivity index (χ4n) is 1.14. The summed E-state index contributed by atoms with van der Waals surface area (Å²) in [6.45, 7) is 0.356. The van der Waals surface area contributed by atoms with Crippen molar-refractivity contribution in [2.24, 2.45) is 0 Å². The number of benzene rings is 1. The Morgan fingerprint density at radius 1 is 1.57 bits per heavy atom. The minimum atomic E-state index is -0.403. The quantitative estimate of drug-likeness (QED) is 0.572. The van der Waals surface area contributed by atoms with Crippen molar-refractivity contribution in [2.75, 3.05) is 7.11 Å². The van der Waals surface area contributed by atoms with Gasteiger partial charge in [-0.1, -0.05) is 18.2 Å². The highest BCUT2D eigenvalue weighted by molar-refractivity contribution is 5.96. The molecule has 0 bridgehead atoms. The smallest absolute Gasteiger partial charge is 0.264 e. The van der Waals surface area contributed by atoms with Crippen LogP contribution >= 0.6 is 0 Å². The van der Waals surface area contributed by atoms with Crippen LogP contribution in [0.4, 0.5) is 0 Å². The summed E-state index contributed by atoms with van der Waals surface area (Å²) in [5, 5.41) is 10.4. The van der Waals surface area contributed by atoms with Gasteiger partial charge in [0, 0.05) is 12.7 Å². The molecule has 0 atom stereocenters. The second-order valence-electron chi connectivity index (χ2n) is 2.66. The zero-order chi connectivity index (χ0) is 10.4. The molecule has 0 unspecified atom stereocenters. The van der Waals surface area contributed by atoms with Gasteiger partial charge in [-0.3, -0.25) is 10.1 Å². The maximum Gasteiger partial charge on any atom is 0.264 e. The number of rotatable bonds is 3. The zero-order valence-corrected chi connectivity index (χ0v) is 7.78. The van der Waals surface area contributed by atoms with Gasteiger partial charge in [0.15, 0.2) is 6.19 Å². The fourth-order valence-corrected chi connectivity index (χ4v) is 1.14. The molecule has 0 aromatic heterocycles. The lowest BCUT2D eigenvalue weighted by Gasteiger charge is -2.05. The molecule has 72 valence electrons. The van der Waals surface area contributed by atoms with Crippen LogP contribution in [0.1, 0.15) is 15.9 Å². The molecular weight excluding hydrogens is 180 g/mol. The Labute approximate surface area is 82.1 Å². The molecule has 1 aromatic rings. The Hall–Kier alpha value is -1.86. The normalized spacial score (nSPS) is 9.14. The van der Waals surface area contributed by atoms with Crippen LogP contribution in [0.15, 0.2) is 24.3 Å². The Morgan fingerprint density at radius 2 is 2.29 bits per heavy atom. The van der Waals surface area contributed by atoms with Gasteiger partial charge in [-0.2, -0.15) is 5.26 Å². The molecule has 0 heterocycles. The number of methoxy groups -OCH3 is 1. The van der Waals surface area contributed by atoms with E-state index in [1.165, 1.54) is 0 Å². The summed E-state index contributed by atoms with van der Waals surface area (Å²) in [6, 6.07) is 7.00. The number of carbonyl (C=O) groups is 1. The average molecular weight is 190 g/mol. The first kappa shape index (κ1) is 10.2. The molecule has 1 aromatic carbocycles. The van der Waals surface area contributed by atoms with Gasteiger partial charge >= 0.3 is 0 Å². The summed E-state index contributed by atoms with van der Waals surface area (Å²) in [5.41, 5.74) is 1.23. The van der Waals surface area contributed by atoms with Crippen LogP contribution in [-0.4, -0.2) is 13.0 Å². The third-order valence-corrected chi connectivity index (χ3v) is 1.73. The predicted octanol–water partition coefficient (Wildman–Crippen LogP) is 1.04. The van der Waals surface area contributed by atoms with Gasteiger partial charge in [0.25, 0.3) is 5.91 Å². The van der Waals surface area contributed by atoms with Crippen LogP contribution in [0.2, 0.25) is 0 Å². The van der Waals surface area contributed by atoms with Crippen molar-refractivity contribution in [3.8, 4) is 6.19 Å². The molecule has 0 aliphatic carbocycles. The first-order valence-corrected chi connectivity index (χ1v) is 4.06. The van der Waals surface area contributed by atoms with E-state index in [0.717, 1.165) is 5.56 Å². The maximum absolute atomic E-state index is 11.4. The molecule has 0 saturated heterocycles. The Kier molecular flexibility index (Phi) is 3.65. The van der Waals surface area contributed by atoms with Crippen LogP contribution < -0.4 is 5.32 Å². The minimum Gasteiger partial charge on any atom is -0.380 e. The lowest BCUT2D eigenvalue weighted by Crippen LogP contribution is -2.19. The molecule has 1 N–H and O–H groups in total. The van der Waals surface area contributed by atoms with Crippen molar-refractivity contribution in [3.05, 3.63) is 35.4 Å². The summed E-state index contributed by atoms with van der Waals surface area (Å²) in [7, 11) is 1.55. The SMILES string of the molecule is COCc1ccccc1C(=O)NC#N. The van der Waals surface area contributed by atoms with Crippen LogP contribution in [0.5, 0.6) is 0 Å². The third-order valence-electron chi connectivity index (χ3n) is 1.73. The van der Waals surface area contributed by atoms with E-state index in [4.69, 9.17) is 10.00 Å². The molecule has 0 radical (unpaired) electrons. The number of nitriles is 1. The molecule has 1 amide bonds. The lowest BCUT2D eigenvalue weighted by atomic mass is 10.1. The summed E-state index contributed by atoms with van der Waals surface area (Å²) in [6.07, 6.45) is 1.59. The summed E-state index contributed by atoms with van der Waals surface area (Å²) >= 11 is 0. The molecule has 0 fully saturated rings. The Bertz CT molecular complexity index is 369. The molecule has 4 heteroatoms. The lowest BCUT2D eigenvalue weighted by molar-refractivity contribution is 0.0968. The van der Waals surface area contributed by atoms with Crippen molar-refractivity contribution in [2.45, 2.75) is 6.61 Å². The van der Waals surface area contributed by atoms with Gasteiger partial charge in [-0.25, -0.2) is 0 Å². The van der Waals surface area contributed by atoms with Crippen molar-refractivity contribution in [3.63, 3.8) is 0 Å². The number of amides is 1. The standard InChI is InChI=1S/C10H10N2O2/c1-14-6-8-4-2-3-5-9(8)10(13)12-7-11/h2-5H,6H2,1H3,(H,12,13). The van der Waals surface area contributed by atoms with Crippen molar-refractivity contribution < 1.29 is 9.53 Å². The van der Waals surface area contributed by atoms with E-state index in [1.54, 1.807) is 31.5 Å². The van der Waals surface area contributed by atoms with Crippen molar-refractivity contribution in [1.29, 1.82) is 5.26 Å². The molecule has 0 aliphatic heterocycles. The van der Waals surface area contributed by atoms with Gasteiger partial charge in [-0.05, 0) is 11.6 Å². The monoisotopic (exact) mass is 190 g/mol. The van der Waals surface area contributed by atoms with E-state index in [-0.39, 0.29) is 0 Å². The van der Waals surface area contributed by atoms with Crippen molar-refractivity contribution in [1.82, 2.24) is 5.32 Å². The third kappa shape index (κ3) is 2.31. The first-order valence-electron chi connectivity index (χ1n) is 4.06. The topological polar surface area (TPSA) is 62.1 Å². The number of nitrogens with zero attached hydrogens (tertiary/aromatic N) is 1. The second-order valence-corrected chi connectivity index (χ2v) is 2.66. The van der Waals surface area contributed by atoms with Crippen LogP contribution in [0.25, 0.3) is 0 Å². The molecule has 4 nitrogen and oxygen atoms in total. The molecular formula is C10H10N2O2. The second kappa shape index (κ2) is 5.00. The average Bonchev–Trinajstić information content (AvgIpc) is 2.19. The van der Waals surface area contributed by atoms with Gasteiger partial charge in [-0.15, -0.1) is 0 Å². The van der Waals surface area contributed by atoms with Crippen LogP contribution in [0.3, 0.4) is 0 Å². The van der Waals surface area contributed by atoms with Gasteiger partial charge in [0.2, 0.25) is 0 Å². The number of carbonyl (C=O) groups excluding carboxylic acids is 1. The Balaban J connectivity index is 2.95. The number of ether oxygens (including phenoxy) is 1. The largest absolute Gasteiger partial charge is 0.380 e. The highest BCUT2D eigenvalue weighted by Gasteiger charge is 2.09. The first-order chi connectivity index (χ1) is 6.79. The van der Waals surface area contributed by atoms with E-state index in [2.05, 4.69) is 5.32 Å².